The van der Waals surface area contributed by atoms with Crippen LogP contribution in [-0.2, 0) is 0 Å². The molecule has 1 unspecified atom stereocenters. The summed E-state index contributed by atoms with van der Waals surface area (Å²) in [6.45, 7) is 8.31. The van der Waals surface area contributed by atoms with Gasteiger partial charge in [-0.15, -0.1) is 0 Å². The second-order valence-corrected chi connectivity index (χ2v) is 3.85. The molecule has 76 valence electrons. The number of hydrogen-bond donors (Lipinski definition) is 2. The zero-order valence-electron chi connectivity index (χ0n) is 8.42. The molecule has 1 saturated heterocycles. The maximum atomic E-state index is 8.96. The number of nitrogens with one attached hydrogen (secondary N) is 1. The molecule has 3 nitrogen and oxygen atoms in total. The lowest BCUT2D eigenvalue weighted by molar-refractivity contribution is 0.224. The van der Waals surface area contributed by atoms with E-state index in [9.17, 15) is 0 Å². The van der Waals surface area contributed by atoms with Gasteiger partial charge in [0.2, 0.25) is 0 Å². The third-order valence-corrected chi connectivity index (χ3v) is 2.50. The van der Waals surface area contributed by atoms with Gasteiger partial charge in [-0.1, -0.05) is 6.58 Å². The summed E-state index contributed by atoms with van der Waals surface area (Å²) in [4.78, 5) is 2.36. The minimum Gasteiger partial charge on any atom is -0.396 e. The van der Waals surface area contributed by atoms with Gasteiger partial charge < -0.3 is 10.4 Å². The van der Waals surface area contributed by atoms with Crippen molar-refractivity contribution in [3.05, 3.63) is 12.2 Å². The molecular formula is C10H20N2O. The van der Waals surface area contributed by atoms with Crippen LogP contribution < -0.4 is 5.32 Å². The highest BCUT2D eigenvalue weighted by molar-refractivity contribution is 5.00. The first kappa shape index (κ1) is 10.7. The van der Waals surface area contributed by atoms with Crippen LogP contribution in [0.15, 0.2) is 12.2 Å². The smallest absolute Gasteiger partial charge is 0.0471 e. The van der Waals surface area contributed by atoms with Gasteiger partial charge in [0.05, 0.1) is 0 Å². The lowest BCUT2D eigenvalue weighted by atomic mass is 10.1. The number of rotatable bonds is 5. The number of likely N-dealkylation sites (N-methyl/N-ethyl adjacent to an activating group) is 1. The van der Waals surface area contributed by atoms with Crippen LogP contribution in [0.1, 0.15) is 6.42 Å². The summed E-state index contributed by atoms with van der Waals surface area (Å²) in [5.74, 6) is 0.488. The van der Waals surface area contributed by atoms with Crippen molar-refractivity contribution in [3.8, 4) is 0 Å². The van der Waals surface area contributed by atoms with Gasteiger partial charge in [-0.25, -0.2) is 0 Å². The Morgan fingerprint density at radius 1 is 1.69 bits per heavy atom. The molecule has 3 heteroatoms. The molecule has 2 N–H and O–H groups in total. The molecule has 1 aliphatic heterocycles. The van der Waals surface area contributed by atoms with E-state index >= 15 is 0 Å². The second-order valence-electron chi connectivity index (χ2n) is 3.85. The van der Waals surface area contributed by atoms with Crippen molar-refractivity contribution < 1.29 is 5.11 Å². The summed E-state index contributed by atoms with van der Waals surface area (Å²) >= 11 is 0. The summed E-state index contributed by atoms with van der Waals surface area (Å²) in [7, 11) is 1.94. The van der Waals surface area contributed by atoms with E-state index in [1.807, 2.05) is 7.05 Å². The van der Waals surface area contributed by atoms with E-state index in [-0.39, 0.29) is 0 Å². The summed E-state index contributed by atoms with van der Waals surface area (Å²) in [5, 5.41) is 12.1. The van der Waals surface area contributed by atoms with Gasteiger partial charge >= 0.3 is 0 Å². The monoisotopic (exact) mass is 184 g/mol. The average molecular weight is 184 g/mol. The van der Waals surface area contributed by atoms with Crippen LogP contribution in [0.2, 0.25) is 0 Å². The Kier molecular flexibility index (Phi) is 4.42. The minimum absolute atomic E-state index is 0.328. The maximum absolute atomic E-state index is 8.96. The van der Waals surface area contributed by atoms with E-state index in [2.05, 4.69) is 16.8 Å². The quantitative estimate of drug-likeness (QED) is 0.594. The average Bonchev–Trinajstić information content (AvgIpc) is 2.52. The van der Waals surface area contributed by atoms with E-state index in [0.29, 0.717) is 12.5 Å². The fourth-order valence-corrected chi connectivity index (χ4v) is 1.83. The SMILES string of the molecule is C=C(CNC)CN1CCC(CO)C1. The van der Waals surface area contributed by atoms with Crippen LogP contribution in [0.5, 0.6) is 0 Å². The maximum Gasteiger partial charge on any atom is 0.0471 e. The van der Waals surface area contributed by atoms with Crippen molar-refractivity contribution in [1.82, 2.24) is 10.2 Å². The summed E-state index contributed by atoms with van der Waals surface area (Å²) in [5.41, 5.74) is 1.22. The molecule has 0 aromatic heterocycles. The molecule has 0 aliphatic carbocycles. The third kappa shape index (κ3) is 3.46. The predicted octanol–water partition coefficient (Wildman–Crippen LogP) is 0.0762. The van der Waals surface area contributed by atoms with Crippen LogP contribution >= 0.6 is 0 Å². The Morgan fingerprint density at radius 2 is 2.46 bits per heavy atom. The van der Waals surface area contributed by atoms with E-state index in [4.69, 9.17) is 5.11 Å². The van der Waals surface area contributed by atoms with E-state index in [1.54, 1.807) is 0 Å². The van der Waals surface area contributed by atoms with Crippen molar-refractivity contribution in [3.63, 3.8) is 0 Å². The number of aliphatic hydroxyl groups is 1. The molecule has 1 aliphatic rings. The van der Waals surface area contributed by atoms with Gasteiger partial charge in [-0.3, -0.25) is 4.90 Å². The Morgan fingerprint density at radius 3 is 3.00 bits per heavy atom. The molecule has 1 fully saturated rings. The Hall–Kier alpha value is -0.380. The molecule has 0 amide bonds. The minimum atomic E-state index is 0.328. The molecule has 0 radical (unpaired) electrons. The molecule has 0 bridgehead atoms. The van der Waals surface area contributed by atoms with E-state index < -0.39 is 0 Å². The first-order valence-corrected chi connectivity index (χ1v) is 4.90. The van der Waals surface area contributed by atoms with Crippen LogP contribution in [0.4, 0.5) is 0 Å². The van der Waals surface area contributed by atoms with Gasteiger partial charge in [-0.2, -0.15) is 0 Å². The molecule has 0 aromatic rings. The molecule has 0 saturated carbocycles. The largest absolute Gasteiger partial charge is 0.396 e. The topological polar surface area (TPSA) is 35.5 Å². The van der Waals surface area contributed by atoms with Crippen molar-refractivity contribution in [2.75, 3.05) is 39.8 Å². The number of aliphatic hydroxyl groups excluding tert-OH is 1. The molecule has 0 aromatic carbocycles. The zero-order valence-corrected chi connectivity index (χ0v) is 8.42. The number of nitrogens with zero attached hydrogens (tertiary/aromatic N) is 1. The Balaban J connectivity index is 2.19. The summed E-state index contributed by atoms with van der Waals surface area (Å²) < 4.78 is 0. The molecule has 0 spiro atoms. The van der Waals surface area contributed by atoms with E-state index in [0.717, 1.165) is 32.6 Å². The van der Waals surface area contributed by atoms with Crippen LogP contribution in [0.25, 0.3) is 0 Å². The van der Waals surface area contributed by atoms with Crippen molar-refractivity contribution in [2.24, 2.45) is 5.92 Å². The van der Waals surface area contributed by atoms with Gasteiger partial charge in [-0.05, 0) is 31.5 Å². The van der Waals surface area contributed by atoms with Gasteiger partial charge in [0.15, 0.2) is 0 Å². The first-order chi connectivity index (χ1) is 6.26. The molecule has 1 rings (SSSR count). The highest BCUT2D eigenvalue weighted by atomic mass is 16.3. The predicted molar refractivity (Wildman–Crippen MR) is 54.7 cm³/mol. The lowest BCUT2D eigenvalue weighted by Gasteiger charge is -2.16. The standard InChI is InChI=1S/C10H20N2O/c1-9(5-11-2)6-12-4-3-10(7-12)8-13/h10-11,13H,1,3-8H2,2H3. The Labute approximate surface area is 80.4 Å². The molecule has 1 atom stereocenters. The fourth-order valence-electron chi connectivity index (χ4n) is 1.83. The van der Waals surface area contributed by atoms with Crippen LogP contribution in [0.3, 0.4) is 0 Å². The van der Waals surface area contributed by atoms with Crippen molar-refractivity contribution in [2.45, 2.75) is 6.42 Å². The highest BCUT2D eigenvalue weighted by Crippen LogP contribution is 2.15. The van der Waals surface area contributed by atoms with Gasteiger partial charge in [0, 0.05) is 26.2 Å². The highest BCUT2D eigenvalue weighted by Gasteiger charge is 2.21. The number of likely N-dealkylation sites (tertiary alicyclic amines) is 1. The fraction of sp³-hybridized carbons (Fsp3) is 0.800. The molecule has 13 heavy (non-hydrogen) atoms. The van der Waals surface area contributed by atoms with Crippen molar-refractivity contribution >= 4 is 0 Å². The third-order valence-electron chi connectivity index (χ3n) is 2.50. The zero-order chi connectivity index (χ0) is 9.68. The number of hydrogen-bond acceptors (Lipinski definition) is 3. The first-order valence-electron chi connectivity index (χ1n) is 4.90. The van der Waals surface area contributed by atoms with Crippen LogP contribution in [-0.4, -0.2) is 49.8 Å². The normalized spacial score (nSPS) is 23.7. The molecule has 1 heterocycles. The summed E-state index contributed by atoms with van der Waals surface area (Å²) in [6.07, 6.45) is 1.13. The summed E-state index contributed by atoms with van der Waals surface area (Å²) in [6, 6.07) is 0. The second kappa shape index (κ2) is 5.37. The van der Waals surface area contributed by atoms with Gasteiger partial charge in [0.1, 0.15) is 0 Å². The Bertz CT molecular complexity index is 170. The van der Waals surface area contributed by atoms with Gasteiger partial charge in [0.25, 0.3) is 0 Å². The van der Waals surface area contributed by atoms with E-state index in [1.165, 1.54) is 5.57 Å². The lowest BCUT2D eigenvalue weighted by Crippen LogP contribution is -2.26. The molecular weight excluding hydrogens is 164 g/mol. The van der Waals surface area contributed by atoms with Crippen LogP contribution in [0, 0.1) is 5.92 Å². The van der Waals surface area contributed by atoms with Crippen molar-refractivity contribution in [1.29, 1.82) is 0 Å².